The molecule has 0 N–H and O–H groups in total. The lowest BCUT2D eigenvalue weighted by molar-refractivity contribution is -0.139. The summed E-state index contributed by atoms with van der Waals surface area (Å²) in [6, 6.07) is 15.0. The van der Waals surface area contributed by atoms with Gasteiger partial charge in [0, 0.05) is 48.5 Å². The predicted octanol–water partition coefficient (Wildman–Crippen LogP) is 4.29. The number of benzene rings is 2. The minimum atomic E-state index is -0.791. The van der Waals surface area contributed by atoms with E-state index in [0.29, 0.717) is 37.7 Å². The molecule has 5 rings (SSSR count). The molecule has 10 heteroatoms. The summed E-state index contributed by atoms with van der Waals surface area (Å²) in [4.78, 5) is 34.7. The summed E-state index contributed by atoms with van der Waals surface area (Å²) in [5.74, 6) is 0.557. The Morgan fingerprint density at radius 2 is 1.77 bits per heavy atom. The van der Waals surface area contributed by atoms with Crippen LogP contribution in [0.2, 0.25) is 0 Å². The maximum atomic E-state index is 14.2. The Morgan fingerprint density at radius 1 is 1.05 bits per heavy atom. The SMILES string of the molecule is CCOC(=O)C1=C(C)N=c2s/c(=C/c3cc(C)n(-c4ccc(N(C)C)cc4)c3C)c(=O)n2[C@H]1c1ccc(OC)cc1OC. The number of hydrogen-bond acceptors (Lipinski definition) is 8. The molecule has 0 fully saturated rings. The fourth-order valence-corrected chi connectivity index (χ4v) is 6.54. The molecule has 0 bridgehead atoms. The van der Waals surface area contributed by atoms with Crippen molar-refractivity contribution in [2.75, 3.05) is 39.8 Å². The monoisotopic (exact) mass is 600 g/mol. The Hall–Kier alpha value is -4.57. The van der Waals surface area contributed by atoms with E-state index in [1.165, 1.54) is 11.3 Å². The number of carbonyl (C=O) groups excluding carboxylic acids is 1. The van der Waals surface area contributed by atoms with Gasteiger partial charge in [0.2, 0.25) is 0 Å². The zero-order valence-corrected chi connectivity index (χ0v) is 26.5. The molecule has 43 heavy (non-hydrogen) atoms. The number of thiazole rings is 1. The number of rotatable bonds is 8. The summed E-state index contributed by atoms with van der Waals surface area (Å²) in [6.07, 6.45) is 1.91. The highest BCUT2D eigenvalue weighted by atomic mass is 32.1. The largest absolute Gasteiger partial charge is 0.497 e. The third-order valence-corrected chi connectivity index (χ3v) is 8.62. The van der Waals surface area contributed by atoms with Gasteiger partial charge in [-0.25, -0.2) is 9.79 Å². The van der Waals surface area contributed by atoms with Crippen LogP contribution in [-0.4, -0.2) is 50.0 Å². The molecule has 1 aliphatic rings. The molecule has 0 unspecified atom stereocenters. The van der Waals surface area contributed by atoms with E-state index in [4.69, 9.17) is 19.2 Å². The maximum absolute atomic E-state index is 14.2. The molecule has 0 amide bonds. The van der Waals surface area contributed by atoms with Gasteiger partial charge in [-0.15, -0.1) is 0 Å². The number of methoxy groups -OCH3 is 2. The number of nitrogens with zero attached hydrogens (tertiary/aromatic N) is 4. The van der Waals surface area contributed by atoms with Crippen LogP contribution in [0.3, 0.4) is 0 Å². The summed E-state index contributed by atoms with van der Waals surface area (Å²) in [6.45, 7) is 7.81. The van der Waals surface area contributed by atoms with E-state index >= 15 is 0 Å². The number of aryl methyl sites for hydroxylation is 1. The number of ether oxygens (including phenoxy) is 3. The van der Waals surface area contributed by atoms with Gasteiger partial charge in [-0.2, -0.15) is 0 Å². The fourth-order valence-electron chi connectivity index (χ4n) is 5.50. The van der Waals surface area contributed by atoms with E-state index in [9.17, 15) is 9.59 Å². The van der Waals surface area contributed by atoms with E-state index in [1.54, 1.807) is 44.8 Å². The van der Waals surface area contributed by atoms with E-state index < -0.39 is 12.0 Å². The van der Waals surface area contributed by atoms with Gasteiger partial charge < -0.3 is 23.7 Å². The van der Waals surface area contributed by atoms with Crippen molar-refractivity contribution in [3.8, 4) is 17.2 Å². The molecule has 3 heterocycles. The summed E-state index contributed by atoms with van der Waals surface area (Å²) < 4.78 is 20.8. The van der Waals surface area contributed by atoms with Crippen LogP contribution < -0.4 is 29.3 Å². The summed E-state index contributed by atoms with van der Waals surface area (Å²) in [5, 5.41) is 0. The summed E-state index contributed by atoms with van der Waals surface area (Å²) in [7, 11) is 7.15. The molecular formula is C33H36N4O5S. The molecule has 2 aromatic heterocycles. The minimum absolute atomic E-state index is 0.194. The van der Waals surface area contributed by atoms with Crippen molar-refractivity contribution in [3.63, 3.8) is 0 Å². The standard InChI is InChI=1S/C33H36N4O5S/c1-9-42-32(39)29-20(3)34-33-37(30(29)26-15-14-25(40-7)18-27(26)41-8)31(38)28(43-33)17-22-16-19(2)36(21(22)4)24-12-10-23(11-13-24)35(5)6/h10-18,30H,9H2,1-8H3/b28-17+/t30-/m0/s1. The highest BCUT2D eigenvalue weighted by Gasteiger charge is 2.35. The summed E-state index contributed by atoms with van der Waals surface area (Å²) >= 11 is 1.29. The first-order valence-electron chi connectivity index (χ1n) is 14.0. The van der Waals surface area contributed by atoms with Crippen molar-refractivity contribution in [2.45, 2.75) is 33.7 Å². The first kappa shape index (κ1) is 29.9. The molecule has 224 valence electrons. The van der Waals surface area contributed by atoms with Crippen LogP contribution >= 0.6 is 11.3 Å². The van der Waals surface area contributed by atoms with Crippen molar-refractivity contribution in [1.29, 1.82) is 0 Å². The molecular weight excluding hydrogens is 564 g/mol. The van der Waals surface area contributed by atoms with Crippen LogP contribution in [0.15, 0.2) is 69.6 Å². The zero-order chi connectivity index (χ0) is 31.0. The van der Waals surface area contributed by atoms with Crippen molar-refractivity contribution >= 4 is 29.1 Å². The van der Waals surface area contributed by atoms with E-state index in [-0.39, 0.29) is 12.2 Å². The lowest BCUT2D eigenvalue weighted by Gasteiger charge is -2.26. The van der Waals surface area contributed by atoms with E-state index in [1.807, 2.05) is 33.2 Å². The Labute approximate surface area is 254 Å². The summed E-state index contributed by atoms with van der Waals surface area (Å²) in [5.41, 5.74) is 6.33. The maximum Gasteiger partial charge on any atom is 0.338 e. The van der Waals surface area contributed by atoms with Gasteiger partial charge in [0.05, 0.1) is 36.6 Å². The number of allylic oxidation sites excluding steroid dienone is 1. The molecule has 1 atom stereocenters. The van der Waals surface area contributed by atoms with Crippen LogP contribution in [0.4, 0.5) is 5.69 Å². The average molecular weight is 601 g/mol. The first-order chi connectivity index (χ1) is 20.6. The van der Waals surface area contributed by atoms with E-state index in [0.717, 1.165) is 28.3 Å². The Morgan fingerprint density at radius 3 is 2.40 bits per heavy atom. The number of carbonyl (C=O) groups is 1. The van der Waals surface area contributed by atoms with Crippen LogP contribution in [-0.2, 0) is 9.53 Å². The van der Waals surface area contributed by atoms with Crippen LogP contribution in [0.25, 0.3) is 11.8 Å². The van der Waals surface area contributed by atoms with Crippen LogP contribution in [0.1, 0.15) is 42.4 Å². The molecule has 0 saturated carbocycles. The Balaban J connectivity index is 1.68. The number of aromatic nitrogens is 2. The van der Waals surface area contributed by atoms with Gasteiger partial charge in [0.15, 0.2) is 4.80 Å². The minimum Gasteiger partial charge on any atom is -0.497 e. The van der Waals surface area contributed by atoms with Crippen molar-refractivity contribution in [1.82, 2.24) is 9.13 Å². The van der Waals surface area contributed by atoms with Crippen LogP contribution in [0.5, 0.6) is 11.5 Å². The van der Waals surface area contributed by atoms with Gasteiger partial charge in [-0.1, -0.05) is 11.3 Å². The Bertz CT molecular complexity index is 1910. The molecule has 0 spiro atoms. The zero-order valence-electron chi connectivity index (χ0n) is 25.7. The van der Waals surface area contributed by atoms with Crippen molar-refractivity contribution < 1.29 is 19.0 Å². The van der Waals surface area contributed by atoms with E-state index in [2.05, 4.69) is 46.7 Å². The number of fused-ring (bicyclic) bond motifs is 1. The van der Waals surface area contributed by atoms with Gasteiger partial charge in [0.1, 0.15) is 17.5 Å². The normalized spacial score (nSPS) is 14.8. The molecule has 9 nitrogen and oxygen atoms in total. The number of anilines is 1. The van der Waals surface area contributed by atoms with Gasteiger partial charge in [-0.3, -0.25) is 9.36 Å². The molecule has 0 saturated heterocycles. The molecule has 2 aromatic carbocycles. The molecule has 0 aliphatic carbocycles. The highest BCUT2D eigenvalue weighted by molar-refractivity contribution is 7.07. The smallest absolute Gasteiger partial charge is 0.338 e. The van der Waals surface area contributed by atoms with Crippen molar-refractivity contribution in [2.24, 2.45) is 4.99 Å². The Kier molecular flexibility index (Phi) is 8.32. The molecule has 0 radical (unpaired) electrons. The second-order valence-corrected chi connectivity index (χ2v) is 11.5. The average Bonchev–Trinajstić information content (AvgIpc) is 3.45. The number of esters is 1. The quantitative estimate of drug-likeness (QED) is 0.281. The van der Waals surface area contributed by atoms with Gasteiger partial charge in [0.25, 0.3) is 5.56 Å². The predicted molar refractivity (Wildman–Crippen MR) is 170 cm³/mol. The second kappa shape index (κ2) is 12.0. The first-order valence-corrected chi connectivity index (χ1v) is 14.8. The van der Waals surface area contributed by atoms with Crippen molar-refractivity contribution in [3.05, 3.63) is 102 Å². The second-order valence-electron chi connectivity index (χ2n) is 10.5. The topological polar surface area (TPSA) is 87.3 Å². The van der Waals surface area contributed by atoms with Crippen LogP contribution in [0, 0.1) is 13.8 Å². The lowest BCUT2D eigenvalue weighted by Crippen LogP contribution is -2.40. The third-order valence-electron chi connectivity index (χ3n) is 7.63. The third kappa shape index (κ3) is 5.38. The number of hydrogen-bond donors (Lipinski definition) is 0. The molecule has 1 aliphatic heterocycles. The molecule has 4 aromatic rings. The lowest BCUT2D eigenvalue weighted by atomic mass is 9.95. The fraction of sp³-hybridized carbons (Fsp3) is 0.303. The highest BCUT2D eigenvalue weighted by Crippen LogP contribution is 2.37. The van der Waals surface area contributed by atoms with Gasteiger partial charge in [-0.05, 0) is 81.8 Å². The van der Waals surface area contributed by atoms with Gasteiger partial charge >= 0.3 is 5.97 Å².